The summed E-state index contributed by atoms with van der Waals surface area (Å²) in [7, 11) is 0. The van der Waals surface area contributed by atoms with E-state index in [2.05, 4.69) is 11.5 Å². The van der Waals surface area contributed by atoms with Gasteiger partial charge in [0.15, 0.2) is 0 Å². The highest BCUT2D eigenvalue weighted by Crippen LogP contribution is 1.24. The van der Waals surface area contributed by atoms with Crippen LogP contribution in [-0.2, 0) is 0 Å². The summed E-state index contributed by atoms with van der Waals surface area (Å²) < 4.78 is 12.7. The number of hydrogen-bond acceptors (Lipinski definition) is 2. The van der Waals surface area contributed by atoms with Crippen molar-refractivity contribution < 1.29 is 2.82 Å². The standard InChI is InChI=1S/C2H8N2/c3-1-2-4/h1-4H2/i/hT2. The zero-order chi connectivity index (χ0) is 4.83. The second-order valence-electron chi connectivity index (χ2n) is 0.500. The quantitative estimate of drug-likeness (QED) is 0.409. The van der Waals surface area contributed by atoms with Crippen LogP contribution in [0.2, 0.25) is 2.82 Å². The third-order valence-electron chi connectivity index (χ3n) is 0.125. The molecule has 0 aliphatic carbocycles. The molecule has 0 aromatic carbocycles. The predicted octanol–water partition coefficient (Wildman–Crippen LogP) is -1.10. The van der Waals surface area contributed by atoms with Crippen LogP contribution in [0.3, 0.4) is 0 Å². The van der Waals surface area contributed by atoms with Crippen molar-refractivity contribution in [3.05, 3.63) is 0 Å². The van der Waals surface area contributed by atoms with E-state index in [1.54, 1.807) is 0 Å². The Labute approximate surface area is 28.7 Å². The molecule has 4 heavy (non-hydrogen) atoms. The summed E-state index contributed by atoms with van der Waals surface area (Å²) in [6.07, 6.45) is 0. The normalized spacial score (nSPS) is 14.0. The summed E-state index contributed by atoms with van der Waals surface area (Å²) in [5.41, 5.74) is 4.27. The molecule has 0 spiro atoms. The molecule has 0 rings (SSSR count). The van der Waals surface area contributed by atoms with Crippen molar-refractivity contribution in [2.75, 3.05) is 13.1 Å². The molecule has 0 amide bonds. The van der Waals surface area contributed by atoms with Gasteiger partial charge < -0.3 is 11.5 Å². The minimum Gasteiger partial charge on any atom is -0.329 e. The van der Waals surface area contributed by atoms with E-state index in [4.69, 9.17) is 2.82 Å². The summed E-state index contributed by atoms with van der Waals surface area (Å²) in [5.74, 6) is 0. The lowest BCUT2D eigenvalue weighted by Crippen LogP contribution is -2.11. The smallest absolute Gasteiger partial charge is 0.118 e. The van der Waals surface area contributed by atoms with Gasteiger partial charge in [-0.3, -0.25) is 0 Å². The van der Waals surface area contributed by atoms with Crippen molar-refractivity contribution in [3.8, 4) is 0 Å². The molecule has 2 nitrogen and oxygen atoms in total. The third-order valence-corrected chi connectivity index (χ3v) is 0.125. The van der Waals surface area contributed by atoms with E-state index in [-0.39, 0.29) is 0 Å². The zero-order valence-electron chi connectivity index (χ0n) is 4.41. The summed E-state index contributed by atoms with van der Waals surface area (Å²) >= 11 is 0. The van der Waals surface area contributed by atoms with E-state index in [1.807, 2.05) is 0 Å². The van der Waals surface area contributed by atoms with Crippen molar-refractivity contribution in [3.63, 3.8) is 0 Å². The molecule has 0 heterocycles. The first-order chi connectivity index (χ1) is 2.91. The molecule has 4 N–H and O–H groups in total. The third kappa shape index (κ3) is 1.92. The summed E-state index contributed by atoms with van der Waals surface area (Å²) in [6.45, 7) is 1.06. The first-order valence-corrected chi connectivity index (χ1v) is 1.21. The SMILES string of the molecule is [3H]NCCN[3H]. The van der Waals surface area contributed by atoms with Crippen molar-refractivity contribution in [1.82, 2.24) is 0 Å². The van der Waals surface area contributed by atoms with Crippen LogP contribution in [0.1, 0.15) is 0 Å². The van der Waals surface area contributed by atoms with Crippen LogP contribution in [0.4, 0.5) is 0 Å². The van der Waals surface area contributed by atoms with Crippen LogP contribution in [0.25, 0.3) is 0 Å². The van der Waals surface area contributed by atoms with Gasteiger partial charge in [-0.15, -0.1) is 0 Å². The first-order valence-electron chi connectivity index (χ1n) is 2.21. The number of rotatable bonds is 3. The molecular formula is C2H8N2. The largest absolute Gasteiger partial charge is 0.329 e. The highest BCUT2D eigenvalue weighted by atomic mass is 14.6. The van der Waals surface area contributed by atoms with E-state index in [1.165, 1.54) is 0 Å². The average Bonchev–Trinajstić information content (AvgIpc) is 1.61. The summed E-state index contributed by atoms with van der Waals surface area (Å²) in [4.78, 5) is 0. The van der Waals surface area contributed by atoms with E-state index in [0.29, 0.717) is 13.1 Å². The summed E-state index contributed by atoms with van der Waals surface area (Å²) in [6, 6.07) is 0. The minimum absolute atomic E-state index is 0.531. The number of hydrogen-bond donors (Lipinski definition) is 2. The maximum absolute atomic E-state index is 6.33. The highest BCUT2D eigenvalue weighted by molar-refractivity contribution is 4.26. The maximum atomic E-state index is 6.33. The molecule has 0 aliphatic rings. The van der Waals surface area contributed by atoms with Crippen LogP contribution >= 0.6 is 0 Å². The molecular weight excluding hydrogens is 52.0 g/mol. The average molecular weight is 64.1 g/mol. The van der Waals surface area contributed by atoms with Crippen LogP contribution in [-0.4, -0.2) is 13.1 Å². The van der Waals surface area contributed by atoms with Crippen LogP contribution < -0.4 is 11.5 Å². The molecule has 0 fully saturated rings. The lowest BCUT2D eigenvalue weighted by Gasteiger charge is -1.72. The number of nitrogens with two attached hydrogens (primary N) is 2. The van der Waals surface area contributed by atoms with Crippen molar-refractivity contribution in [2.24, 2.45) is 11.5 Å². The van der Waals surface area contributed by atoms with E-state index >= 15 is 0 Å². The van der Waals surface area contributed by atoms with Gasteiger partial charge in [-0.05, 0) is 0 Å². The van der Waals surface area contributed by atoms with Gasteiger partial charge in [-0.2, -0.15) is 0 Å². The molecule has 0 saturated heterocycles. The zero-order valence-corrected chi connectivity index (χ0v) is 2.41. The second kappa shape index (κ2) is 2.92. The lowest BCUT2D eigenvalue weighted by atomic mass is 10.7. The lowest BCUT2D eigenvalue weighted by molar-refractivity contribution is 0.976. The topological polar surface area (TPSA) is 52.0 Å². The second-order valence-corrected chi connectivity index (χ2v) is 0.500. The Bertz CT molecular complexity index is 21.5. The van der Waals surface area contributed by atoms with Crippen molar-refractivity contribution in [1.29, 1.82) is 0 Å². The predicted molar refractivity (Wildman–Crippen MR) is 18.1 cm³/mol. The van der Waals surface area contributed by atoms with E-state index in [9.17, 15) is 0 Å². The van der Waals surface area contributed by atoms with Gasteiger partial charge in [-0.1, -0.05) is 0 Å². The molecule has 0 saturated carbocycles. The minimum atomic E-state index is 0.531. The Morgan fingerprint density at radius 1 is 1.50 bits per heavy atom. The first kappa shape index (κ1) is 1.38. The Balaban J connectivity index is 2.34. The van der Waals surface area contributed by atoms with Gasteiger partial charge >= 0.3 is 0 Å². The molecule has 0 aromatic heterocycles. The van der Waals surface area contributed by atoms with Crippen molar-refractivity contribution >= 4 is 0 Å². The molecule has 0 radical (unpaired) electrons. The Morgan fingerprint density at radius 3 is 2.25 bits per heavy atom. The van der Waals surface area contributed by atoms with Gasteiger partial charge in [0.2, 0.25) is 0 Å². The highest BCUT2D eigenvalue weighted by Gasteiger charge is 1.54. The Kier molecular flexibility index (Phi) is 1.01. The fraction of sp³-hybridized carbons (Fsp3) is 1.00. The molecule has 2 heteroatoms. The molecule has 0 aliphatic heterocycles. The van der Waals surface area contributed by atoms with Gasteiger partial charge in [0.05, 0.1) is 0 Å². The fourth-order valence-corrected chi connectivity index (χ4v) is 0. The van der Waals surface area contributed by atoms with E-state index in [0.717, 1.165) is 0 Å². The summed E-state index contributed by atoms with van der Waals surface area (Å²) in [5, 5.41) is 0. The fourth-order valence-electron chi connectivity index (χ4n) is 0. The Morgan fingerprint density at radius 2 is 2.00 bits per heavy atom. The van der Waals surface area contributed by atoms with Crippen LogP contribution in [0.15, 0.2) is 0 Å². The monoisotopic (exact) mass is 64.1 g/mol. The molecule has 0 aromatic rings. The maximum Gasteiger partial charge on any atom is 0.118 e. The molecule has 0 unspecified atom stereocenters. The molecule has 0 atom stereocenters. The van der Waals surface area contributed by atoms with Gasteiger partial charge in [0.1, 0.15) is 2.82 Å². The van der Waals surface area contributed by atoms with Crippen LogP contribution in [0.5, 0.6) is 0 Å². The van der Waals surface area contributed by atoms with Gasteiger partial charge in [0, 0.05) is 13.1 Å². The molecule has 0 bridgehead atoms. The van der Waals surface area contributed by atoms with Crippen molar-refractivity contribution in [2.45, 2.75) is 0 Å². The van der Waals surface area contributed by atoms with E-state index < -0.39 is 0 Å². The van der Waals surface area contributed by atoms with Crippen LogP contribution in [0, 0.1) is 0 Å². The van der Waals surface area contributed by atoms with Gasteiger partial charge in [0.25, 0.3) is 0 Å². The van der Waals surface area contributed by atoms with Gasteiger partial charge in [-0.25, -0.2) is 0 Å². The molecule has 26 valence electrons. The Hall–Kier alpha value is -0.0800.